The van der Waals surface area contributed by atoms with Crippen molar-refractivity contribution in [2.45, 2.75) is 58.0 Å². The van der Waals surface area contributed by atoms with Crippen LogP contribution in [0.4, 0.5) is 5.69 Å². The van der Waals surface area contributed by atoms with Crippen molar-refractivity contribution in [2.75, 3.05) is 18.4 Å². The zero-order chi connectivity index (χ0) is 17.9. The van der Waals surface area contributed by atoms with Crippen LogP contribution in [0.25, 0.3) is 11.4 Å². The lowest BCUT2D eigenvalue weighted by atomic mass is 10.2. The number of hydrogen-bond donors (Lipinski definition) is 1. The van der Waals surface area contributed by atoms with Gasteiger partial charge in [-0.1, -0.05) is 18.6 Å². The van der Waals surface area contributed by atoms with Gasteiger partial charge in [0.05, 0.1) is 6.54 Å². The molecule has 6 heteroatoms. The van der Waals surface area contributed by atoms with Gasteiger partial charge in [0, 0.05) is 30.3 Å². The molecule has 138 valence electrons. The average molecular weight is 353 g/mol. The van der Waals surface area contributed by atoms with E-state index in [0.29, 0.717) is 12.6 Å². The highest BCUT2D eigenvalue weighted by molar-refractivity contribution is 5.92. The first-order valence-electron chi connectivity index (χ1n) is 9.77. The molecule has 0 spiro atoms. The van der Waals surface area contributed by atoms with Gasteiger partial charge >= 0.3 is 0 Å². The van der Waals surface area contributed by atoms with E-state index in [9.17, 15) is 4.79 Å². The predicted octanol–water partition coefficient (Wildman–Crippen LogP) is 3.09. The van der Waals surface area contributed by atoms with E-state index >= 15 is 0 Å². The number of fused-ring (bicyclic) bond motifs is 1. The maximum atomic E-state index is 12.4. The number of nitrogens with one attached hydrogen (secondary N) is 1. The minimum absolute atomic E-state index is 0.0518. The number of aryl methyl sites for hydroxylation is 1. The first kappa shape index (κ1) is 17.2. The molecule has 1 aromatic heterocycles. The summed E-state index contributed by atoms with van der Waals surface area (Å²) in [6, 6.07) is 8.46. The lowest BCUT2D eigenvalue weighted by molar-refractivity contribution is -0.117. The summed E-state index contributed by atoms with van der Waals surface area (Å²) in [5.74, 6) is 2.04. The fourth-order valence-corrected chi connectivity index (χ4v) is 4.05. The molecule has 1 aromatic carbocycles. The zero-order valence-electron chi connectivity index (χ0n) is 15.4. The number of rotatable bonds is 4. The Morgan fingerprint density at radius 1 is 1.19 bits per heavy atom. The van der Waals surface area contributed by atoms with Gasteiger partial charge in [-0.2, -0.15) is 0 Å². The summed E-state index contributed by atoms with van der Waals surface area (Å²) >= 11 is 0. The molecule has 1 unspecified atom stereocenters. The van der Waals surface area contributed by atoms with Crippen molar-refractivity contribution >= 4 is 11.6 Å². The highest BCUT2D eigenvalue weighted by Gasteiger charge is 2.22. The Labute approximate surface area is 154 Å². The fourth-order valence-electron chi connectivity index (χ4n) is 4.05. The van der Waals surface area contributed by atoms with Gasteiger partial charge in [-0.25, -0.2) is 0 Å². The van der Waals surface area contributed by atoms with Gasteiger partial charge in [0.1, 0.15) is 5.82 Å². The summed E-state index contributed by atoms with van der Waals surface area (Å²) in [5.41, 5.74) is 1.84. The molecule has 2 aliphatic heterocycles. The molecule has 0 saturated carbocycles. The standard InChI is InChI=1S/C20H27N5O/c1-15-7-6-11-24(15)14-19(26)21-17-9-5-8-16(13-17)20-23-22-18-10-3-2-4-12-25(18)20/h5,8-9,13,15H,2-4,6-7,10-12,14H2,1H3,(H,21,26). The molecule has 1 fully saturated rings. The maximum Gasteiger partial charge on any atom is 0.238 e. The van der Waals surface area contributed by atoms with E-state index in [1.807, 2.05) is 24.3 Å². The Bertz CT molecular complexity index is 784. The molecular weight excluding hydrogens is 326 g/mol. The van der Waals surface area contributed by atoms with Crippen molar-refractivity contribution in [1.82, 2.24) is 19.7 Å². The second kappa shape index (κ2) is 7.58. The smallest absolute Gasteiger partial charge is 0.238 e. The van der Waals surface area contributed by atoms with Gasteiger partial charge < -0.3 is 9.88 Å². The van der Waals surface area contributed by atoms with E-state index in [1.54, 1.807) is 0 Å². The van der Waals surface area contributed by atoms with Crippen LogP contribution in [0.2, 0.25) is 0 Å². The molecule has 1 saturated heterocycles. The first-order valence-corrected chi connectivity index (χ1v) is 9.77. The largest absolute Gasteiger partial charge is 0.325 e. The van der Waals surface area contributed by atoms with Crippen LogP contribution in [0.3, 0.4) is 0 Å². The first-order chi connectivity index (χ1) is 12.7. The Balaban J connectivity index is 1.48. The third-order valence-corrected chi connectivity index (χ3v) is 5.55. The lowest BCUT2D eigenvalue weighted by Gasteiger charge is -2.20. The molecule has 3 heterocycles. The quantitative estimate of drug-likeness (QED) is 0.917. The molecule has 0 aliphatic carbocycles. The monoisotopic (exact) mass is 353 g/mol. The Morgan fingerprint density at radius 3 is 2.96 bits per heavy atom. The van der Waals surface area contributed by atoms with Gasteiger partial charge in [-0.15, -0.1) is 10.2 Å². The molecule has 1 atom stereocenters. The van der Waals surface area contributed by atoms with E-state index in [-0.39, 0.29) is 5.91 Å². The third kappa shape index (κ3) is 3.65. The number of anilines is 1. The molecule has 4 rings (SSSR count). The van der Waals surface area contributed by atoms with Crippen molar-refractivity contribution < 1.29 is 4.79 Å². The van der Waals surface area contributed by atoms with E-state index < -0.39 is 0 Å². The maximum absolute atomic E-state index is 12.4. The molecular formula is C20H27N5O. The zero-order valence-corrected chi connectivity index (χ0v) is 15.4. The normalized spacial score (nSPS) is 20.6. The fraction of sp³-hybridized carbons (Fsp3) is 0.550. The second-order valence-electron chi connectivity index (χ2n) is 7.49. The van der Waals surface area contributed by atoms with Crippen molar-refractivity contribution in [3.05, 3.63) is 30.1 Å². The van der Waals surface area contributed by atoms with Crippen LogP contribution in [0, 0.1) is 0 Å². The van der Waals surface area contributed by atoms with E-state index in [4.69, 9.17) is 0 Å². The van der Waals surface area contributed by atoms with Gasteiger partial charge in [-0.3, -0.25) is 9.69 Å². The highest BCUT2D eigenvalue weighted by atomic mass is 16.2. The molecule has 2 aromatic rings. The number of hydrogen-bond acceptors (Lipinski definition) is 4. The van der Waals surface area contributed by atoms with Gasteiger partial charge in [0.15, 0.2) is 5.82 Å². The van der Waals surface area contributed by atoms with Gasteiger partial charge in [0.2, 0.25) is 5.91 Å². The molecule has 2 aliphatic rings. The number of nitrogens with zero attached hydrogens (tertiary/aromatic N) is 4. The van der Waals surface area contributed by atoms with Gasteiger partial charge in [0.25, 0.3) is 0 Å². The van der Waals surface area contributed by atoms with Crippen LogP contribution in [-0.2, 0) is 17.8 Å². The summed E-state index contributed by atoms with van der Waals surface area (Å²) in [6.45, 7) is 4.64. The second-order valence-corrected chi connectivity index (χ2v) is 7.49. The van der Waals surface area contributed by atoms with Crippen LogP contribution in [-0.4, -0.2) is 44.7 Å². The summed E-state index contributed by atoms with van der Waals surface area (Å²) < 4.78 is 2.24. The van der Waals surface area contributed by atoms with Crippen molar-refractivity contribution in [2.24, 2.45) is 0 Å². The van der Waals surface area contributed by atoms with Crippen molar-refractivity contribution in [3.63, 3.8) is 0 Å². The molecule has 26 heavy (non-hydrogen) atoms. The van der Waals surface area contributed by atoms with Crippen LogP contribution in [0.5, 0.6) is 0 Å². The van der Waals surface area contributed by atoms with Crippen molar-refractivity contribution in [1.29, 1.82) is 0 Å². The number of aromatic nitrogens is 3. The molecule has 0 bridgehead atoms. The third-order valence-electron chi connectivity index (χ3n) is 5.55. The molecule has 1 N–H and O–H groups in total. The topological polar surface area (TPSA) is 63.1 Å². The summed E-state index contributed by atoms with van der Waals surface area (Å²) in [4.78, 5) is 14.7. The van der Waals surface area contributed by atoms with E-state index in [0.717, 1.165) is 42.4 Å². The van der Waals surface area contributed by atoms with Crippen molar-refractivity contribution in [3.8, 4) is 11.4 Å². The summed E-state index contributed by atoms with van der Waals surface area (Å²) in [7, 11) is 0. The minimum atomic E-state index is 0.0518. The van der Waals surface area contributed by atoms with E-state index in [1.165, 1.54) is 32.1 Å². The molecule has 1 amide bonds. The van der Waals surface area contributed by atoms with E-state index in [2.05, 4.69) is 31.9 Å². The van der Waals surface area contributed by atoms with Crippen LogP contribution >= 0.6 is 0 Å². The number of likely N-dealkylation sites (tertiary alicyclic amines) is 1. The Morgan fingerprint density at radius 2 is 2.12 bits per heavy atom. The lowest BCUT2D eigenvalue weighted by Crippen LogP contribution is -2.35. The predicted molar refractivity (Wildman–Crippen MR) is 102 cm³/mol. The number of amides is 1. The highest BCUT2D eigenvalue weighted by Crippen LogP contribution is 2.25. The summed E-state index contributed by atoms with van der Waals surface area (Å²) in [6.07, 6.45) is 6.96. The molecule has 0 radical (unpaired) electrons. The Hall–Kier alpha value is -2.21. The average Bonchev–Trinajstić information content (AvgIpc) is 3.14. The summed E-state index contributed by atoms with van der Waals surface area (Å²) in [5, 5.41) is 11.8. The number of carbonyl (C=O) groups is 1. The Kier molecular flexibility index (Phi) is 5.02. The van der Waals surface area contributed by atoms with Crippen LogP contribution in [0.1, 0.15) is 44.9 Å². The number of carbonyl (C=O) groups excluding carboxylic acids is 1. The van der Waals surface area contributed by atoms with Crippen LogP contribution < -0.4 is 5.32 Å². The van der Waals surface area contributed by atoms with Crippen LogP contribution in [0.15, 0.2) is 24.3 Å². The molecule has 6 nitrogen and oxygen atoms in total. The van der Waals surface area contributed by atoms with Gasteiger partial charge in [-0.05, 0) is 51.3 Å². The number of benzene rings is 1. The minimum Gasteiger partial charge on any atom is -0.325 e. The SMILES string of the molecule is CC1CCCN1CC(=O)Nc1cccc(-c2nnc3n2CCCCC3)c1.